The van der Waals surface area contributed by atoms with E-state index in [-0.39, 0.29) is 6.04 Å². The summed E-state index contributed by atoms with van der Waals surface area (Å²) in [4.78, 5) is 17.8. The van der Waals surface area contributed by atoms with E-state index in [2.05, 4.69) is 38.2 Å². The number of hydrogen-bond acceptors (Lipinski definition) is 9. The molecule has 1 aliphatic carbocycles. The molecule has 1 aliphatic heterocycles. The first-order chi connectivity index (χ1) is 15.6. The highest BCUT2D eigenvalue weighted by Crippen LogP contribution is 2.50. The van der Waals surface area contributed by atoms with E-state index in [0.717, 1.165) is 29.7 Å². The van der Waals surface area contributed by atoms with Crippen molar-refractivity contribution in [2.75, 3.05) is 18.9 Å². The van der Waals surface area contributed by atoms with Gasteiger partial charge in [0.1, 0.15) is 11.5 Å². The molecule has 10 nitrogen and oxygen atoms in total. The summed E-state index contributed by atoms with van der Waals surface area (Å²) in [5.41, 5.74) is 8.51. The van der Waals surface area contributed by atoms with Gasteiger partial charge in [0.25, 0.3) is 5.89 Å². The van der Waals surface area contributed by atoms with Gasteiger partial charge in [0.2, 0.25) is 0 Å². The fraction of sp³-hybridized carbons (Fsp3) is 0.364. The van der Waals surface area contributed by atoms with Crippen LogP contribution in [0.25, 0.3) is 22.8 Å². The third-order valence-electron chi connectivity index (χ3n) is 6.42. The molecule has 10 heteroatoms. The first-order valence-corrected chi connectivity index (χ1v) is 10.6. The summed E-state index contributed by atoms with van der Waals surface area (Å²) >= 11 is 0. The van der Waals surface area contributed by atoms with Crippen molar-refractivity contribution >= 4 is 5.82 Å². The molecule has 162 valence electrons. The highest BCUT2D eigenvalue weighted by molar-refractivity contribution is 5.55. The minimum absolute atomic E-state index is 0.276. The lowest BCUT2D eigenvalue weighted by molar-refractivity contribution is -0.0286. The molecule has 6 rings (SSSR count). The van der Waals surface area contributed by atoms with E-state index in [1.165, 1.54) is 6.20 Å². The van der Waals surface area contributed by atoms with Crippen molar-refractivity contribution in [3.63, 3.8) is 0 Å². The van der Waals surface area contributed by atoms with Gasteiger partial charge in [-0.3, -0.25) is 9.67 Å². The van der Waals surface area contributed by atoms with E-state index >= 15 is 0 Å². The molecule has 0 unspecified atom stereocenters. The summed E-state index contributed by atoms with van der Waals surface area (Å²) < 4.78 is 12.8. The lowest BCUT2D eigenvalue weighted by atomic mass is 9.77. The standard InChI is InChI=1S/C22H22N8O2/c1-22(14-2-3-14,15-4-5-17(24-7-15)18-8-26-19(23)9-25-18)21-28-20(32-29-21)13-6-27-30(10-13)16-11-31-12-16/h4-10,14,16H,2-3,11-12H2,1H3,(H2,23,26)/t22-/m1/s1. The van der Waals surface area contributed by atoms with Crippen LogP contribution in [0.4, 0.5) is 5.82 Å². The Hall–Kier alpha value is -3.66. The Bertz CT molecular complexity index is 1240. The van der Waals surface area contributed by atoms with E-state index in [9.17, 15) is 0 Å². The number of rotatable bonds is 6. The van der Waals surface area contributed by atoms with E-state index in [0.29, 0.717) is 42.4 Å². The van der Waals surface area contributed by atoms with Crippen LogP contribution in [-0.2, 0) is 10.2 Å². The number of pyridine rings is 1. The molecule has 4 aromatic rings. The lowest BCUT2D eigenvalue weighted by Gasteiger charge is -2.26. The number of aromatic nitrogens is 7. The second-order valence-electron chi connectivity index (χ2n) is 8.56. The van der Waals surface area contributed by atoms with E-state index in [1.54, 1.807) is 12.4 Å². The van der Waals surface area contributed by atoms with E-state index in [4.69, 9.17) is 20.0 Å². The van der Waals surface area contributed by atoms with Gasteiger partial charge in [0.05, 0.1) is 54.5 Å². The maximum absolute atomic E-state index is 5.65. The molecule has 1 saturated carbocycles. The number of nitrogens with two attached hydrogens (primary N) is 1. The molecular weight excluding hydrogens is 408 g/mol. The van der Waals surface area contributed by atoms with Crippen LogP contribution in [0, 0.1) is 5.92 Å². The summed E-state index contributed by atoms with van der Waals surface area (Å²) in [6.07, 6.45) is 10.9. The third kappa shape index (κ3) is 3.14. The molecule has 0 bridgehead atoms. The van der Waals surface area contributed by atoms with Crippen molar-refractivity contribution in [1.29, 1.82) is 0 Å². The molecule has 0 aromatic carbocycles. The Labute approximate surface area is 183 Å². The average Bonchev–Trinajstić information content (AvgIpc) is 3.33. The fourth-order valence-electron chi connectivity index (χ4n) is 4.11. The second kappa shape index (κ2) is 7.20. The van der Waals surface area contributed by atoms with Crippen molar-refractivity contribution in [3.8, 4) is 22.8 Å². The number of hydrogen-bond donors (Lipinski definition) is 1. The van der Waals surface area contributed by atoms with Crippen LogP contribution in [0.2, 0.25) is 0 Å². The summed E-state index contributed by atoms with van der Waals surface area (Å²) in [6, 6.07) is 4.28. The summed E-state index contributed by atoms with van der Waals surface area (Å²) in [5.74, 6) is 1.95. The SMILES string of the molecule is C[C@@](c1ccc(-c2cnc(N)cn2)nc1)(c1noc(-c2cnn(C3COC3)c2)n1)C1CC1. The molecule has 0 amide bonds. The van der Waals surface area contributed by atoms with Crippen LogP contribution in [0.1, 0.15) is 37.2 Å². The molecule has 32 heavy (non-hydrogen) atoms. The zero-order chi connectivity index (χ0) is 21.7. The van der Waals surface area contributed by atoms with E-state index in [1.807, 2.05) is 23.1 Å². The number of nitrogens with zero attached hydrogens (tertiary/aromatic N) is 7. The first kappa shape index (κ1) is 19.1. The Balaban J connectivity index is 1.31. The van der Waals surface area contributed by atoms with E-state index < -0.39 is 5.41 Å². The molecular formula is C22H22N8O2. The van der Waals surface area contributed by atoms with Crippen LogP contribution in [0.5, 0.6) is 0 Å². The highest BCUT2D eigenvalue weighted by Gasteiger charge is 2.47. The van der Waals surface area contributed by atoms with Gasteiger partial charge in [0, 0.05) is 12.4 Å². The molecule has 4 aromatic heterocycles. The Morgan fingerprint density at radius 2 is 1.88 bits per heavy atom. The summed E-state index contributed by atoms with van der Waals surface area (Å²) in [5, 5.41) is 8.78. The van der Waals surface area contributed by atoms with Crippen LogP contribution < -0.4 is 5.73 Å². The Kier molecular flexibility index (Phi) is 4.29. The monoisotopic (exact) mass is 430 g/mol. The third-order valence-corrected chi connectivity index (χ3v) is 6.42. The molecule has 0 spiro atoms. The predicted octanol–water partition coefficient (Wildman–Crippen LogP) is 2.65. The fourth-order valence-corrected chi connectivity index (χ4v) is 4.11. The maximum atomic E-state index is 5.65. The summed E-state index contributed by atoms with van der Waals surface area (Å²) in [6.45, 7) is 3.52. The van der Waals surface area contributed by atoms with Gasteiger partial charge in [-0.25, -0.2) is 9.97 Å². The summed E-state index contributed by atoms with van der Waals surface area (Å²) in [7, 11) is 0. The first-order valence-electron chi connectivity index (χ1n) is 10.6. The van der Waals surface area contributed by atoms with Crippen molar-refractivity contribution in [3.05, 3.63) is 54.5 Å². The highest BCUT2D eigenvalue weighted by atomic mass is 16.5. The van der Waals surface area contributed by atoms with Crippen molar-refractivity contribution < 1.29 is 9.26 Å². The minimum atomic E-state index is -0.391. The lowest BCUT2D eigenvalue weighted by Crippen LogP contribution is -2.30. The Morgan fingerprint density at radius 1 is 1.03 bits per heavy atom. The van der Waals surface area contributed by atoms with Crippen molar-refractivity contribution in [2.24, 2.45) is 5.92 Å². The minimum Gasteiger partial charge on any atom is -0.382 e. The number of anilines is 1. The predicted molar refractivity (Wildman–Crippen MR) is 114 cm³/mol. The van der Waals surface area contributed by atoms with Crippen LogP contribution in [0.15, 0.2) is 47.6 Å². The molecule has 2 fully saturated rings. The van der Waals surface area contributed by atoms with Gasteiger partial charge in [-0.1, -0.05) is 11.2 Å². The molecule has 5 heterocycles. The van der Waals surface area contributed by atoms with Crippen LogP contribution in [-0.4, -0.2) is 48.1 Å². The zero-order valence-electron chi connectivity index (χ0n) is 17.5. The quantitative estimate of drug-likeness (QED) is 0.490. The molecule has 1 atom stereocenters. The van der Waals surface area contributed by atoms with Crippen molar-refractivity contribution in [1.82, 2.24) is 34.9 Å². The normalized spacial score (nSPS) is 18.3. The van der Waals surface area contributed by atoms with Gasteiger partial charge in [-0.15, -0.1) is 0 Å². The van der Waals surface area contributed by atoms with Gasteiger partial charge in [-0.05, 0) is 37.3 Å². The van der Waals surface area contributed by atoms with Gasteiger partial charge >= 0.3 is 0 Å². The molecule has 2 N–H and O–H groups in total. The van der Waals surface area contributed by atoms with Crippen molar-refractivity contribution in [2.45, 2.75) is 31.2 Å². The topological polar surface area (TPSA) is 131 Å². The van der Waals surface area contributed by atoms with Gasteiger partial charge in [-0.2, -0.15) is 10.1 Å². The molecule has 2 aliphatic rings. The van der Waals surface area contributed by atoms with Crippen LogP contribution in [0.3, 0.4) is 0 Å². The molecule has 1 saturated heterocycles. The largest absolute Gasteiger partial charge is 0.382 e. The average molecular weight is 430 g/mol. The molecule has 0 radical (unpaired) electrons. The van der Waals surface area contributed by atoms with Gasteiger partial charge in [0.15, 0.2) is 5.82 Å². The van der Waals surface area contributed by atoms with Crippen LogP contribution >= 0.6 is 0 Å². The number of ether oxygens (including phenoxy) is 1. The zero-order valence-corrected chi connectivity index (χ0v) is 17.5. The van der Waals surface area contributed by atoms with Gasteiger partial charge < -0.3 is 15.0 Å². The number of nitrogen functional groups attached to an aromatic ring is 1. The second-order valence-corrected chi connectivity index (χ2v) is 8.56. The Morgan fingerprint density at radius 3 is 2.53 bits per heavy atom. The maximum Gasteiger partial charge on any atom is 0.261 e. The smallest absolute Gasteiger partial charge is 0.261 e.